The van der Waals surface area contributed by atoms with E-state index in [1.165, 1.54) is 0 Å². The van der Waals surface area contributed by atoms with Gasteiger partial charge in [0.25, 0.3) is 0 Å². The Kier molecular flexibility index (Phi) is 9.03. The molecule has 1 aromatic heterocycles. The van der Waals surface area contributed by atoms with Crippen molar-refractivity contribution in [1.29, 1.82) is 0 Å². The van der Waals surface area contributed by atoms with Crippen LogP contribution in [-0.4, -0.2) is 11.7 Å². The molecule has 5 heteroatoms. The van der Waals surface area contributed by atoms with Gasteiger partial charge in [-0.3, -0.25) is 4.90 Å². The molecule has 0 atom stereocenters. The van der Waals surface area contributed by atoms with Crippen LogP contribution in [0.2, 0.25) is 0 Å². The van der Waals surface area contributed by atoms with Crippen LogP contribution in [0.25, 0.3) is 44.5 Å². The van der Waals surface area contributed by atoms with Gasteiger partial charge in [0, 0.05) is 51.2 Å². The zero-order chi connectivity index (χ0) is 59.4. The van der Waals surface area contributed by atoms with Crippen LogP contribution in [0.15, 0.2) is 230 Å². The Balaban J connectivity index is 1.09. The minimum atomic E-state index is -0.549. The fourth-order valence-electron chi connectivity index (χ4n) is 10.5. The molecule has 0 spiro atoms. The van der Waals surface area contributed by atoms with Gasteiger partial charge in [0.05, 0.1) is 42.1 Å². The summed E-state index contributed by atoms with van der Waals surface area (Å²) in [5.41, 5.74) is 14.1. The molecule has 12 rings (SSSR count). The van der Waals surface area contributed by atoms with Crippen molar-refractivity contribution in [1.82, 2.24) is 4.98 Å². The normalized spacial score (nSPS) is 14.8. The van der Waals surface area contributed by atoms with Gasteiger partial charge in [-0.2, -0.15) is 0 Å². The molecule has 9 aromatic carbocycles. The second-order valence-electron chi connectivity index (χ2n) is 21.1. The highest BCUT2D eigenvalue weighted by Crippen LogP contribution is 2.54. The summed E-state index contributed by atoms with van der Waals surface area (Å²) in [6.07, 6.45) is 1.90. The van der Waals surface area contributed by atoms with E-state index in [1.54, 1.807) is 19.1 Å². The number of pyridine rings is 1. The Hall–Kier alpha value is -8.67. The molecule has 0 amide bonds. The highest BCUT2D eigenvalue weighted by Gasteiger charge is 2.34. The van der Waals surface area contributed by atoms with Crippen LogP contribution in [0.1, 0.15) is 71.9 Å². The minimum absolute atomic E-state index is 0.0799. The number of fused-ring (bicyclic) bond motifs is 6. The SMILES string of the molecule is [2H]c1c([2H])c([2H])c(-c2cc(C)cc(-c3c([2H])c([2H])c([2H])c([2H])c3[2H])c2N2CN(c3cc(N(c4ccccc4)c4ccc5c(c4)N(c4cc(C(C)(C)C)ccn4)c4ccccc4-c4ccccc4-5)cc(C(C)(C)C)c3)c3ccccc32)c([2H])c1[2H]. The van der Waals surface area contributed by atoms with Crippen LogP contribution in [-0.2, 0) is 10.8 Å². The number of aromatic nitrogens is 1. The fourth-order valence-corrected chi connectivity index (χ4v) is 10.5. The quantitative estimate of drug-likeness (QED) is 0.151. The predicted molar refractivity (Wildman–Crippen MR) is 313 cm³/mol. The Bertz CT molecular complexity index is 4170. The van der Waals surface area contributed by atoms with Crippen molar-refractivity contribution in [2.45, 2.75) is 59.3 Å². The van der Waals surface area contributed by atoms with Gasteiger partial charge in [0.1, 0.15) is 12.5 Å². The Morgan fingerprint density at radius 1 is 0.446 bits per heavy atom. The molecule has 0 bridgehead atoms. The van der Waals surface area contributed by atoms with Crippen molar-refractivity contribution < 1.29 is 13.7 Å². The molecule has 0 saturated heterocycles. The average molecular weight is 970 g/mol. The first-order valence-corrected chi connectivity index (χ1v) is 25.1. The second kappa shape index (κ2) is 18.4. The minimum Gasteiger partial charge on any atom is -0.321 e. The summed E-state index contributed by atoms with van der Waals surface area (Å²) in [6, 6.07) is 51.3. The summed E-state index contributed by atoms with van der Waals surface area (Å²) in [4.78, 5) is 13.8. The number of benzene rings is 9. The summed E-state index contributed by atoms with van der Waals surface area (Å²) in [5.74, 6) is 0.791. The number of hydrogen-bond acceptors (Lipinski definition) is 5. The first-order chi connectivity index (χ1) is 40.0. The number of aryl methyl sites for hydroxylation is 1. The molecule has 10 aromatic rings. The summed E-state index contributed by atoms with van der Waals surface area (Å²) in [6.45, 7) is 15.1. The van der Waals surface area contributed by atoms with Gasteiger partial charge in [-0.1, -0.05) is 181 Å². The van der Waals surface area contributed by atoms with Crippen LogP contribution in [0.3, 0.4) is 0 Å². The summed E-state index contributed by atoms with van der Waals surface area (Å²) in [7, 11) is 0. The summed E-state index contributed by atoms with van der Waals surface area (Å²) >= 11 is 0. The topological polar surface area (TPSA) is 25.9 Å². The number of para-hydroxylation sites is 4. The Morgan fingerprint density at radius 2 is 1.00 bits per heavy atom. The average Bonchev–Trinajstić information content (AvgIpc) is 1.99. The Labute approximate surface area is 451 Å². The van der Waals surface area contributed by atoms with Gasteiger partial charge in [-0.05, 0) is 142 Å². The molecular formula is C69H61N5. The number of rotatable bonds is 8. The first kappa shape index (κ1) is 36.3. The van der Waals surface area contributed by atoms with E-state index in [9.17, 15) is 5.48 Å². The van der Waals surface area contributed by atoms with Crippen LogP contribution < -0.4 is 19.6 Å². The lowest BCUT2D eigenvalue weighted by atomic mass is 9.86. The molecule has 2 aliphatic rings. The van der Waals surface area contributed by atoms with E-state index in [2.05, 4.69) is 165 Å². The van der Waals surface area contributed by atoms with E-state index in [0.29, 0.717) is 16.9 Å². The van der Waals surface area contributed by atoms with Crippen molar-refractivity contribution in [3.8, 4) is 44.5 Å². The molecule has 0 fully saturated rings. The van der Waals surface area contributed by atoms with Crippen LogP contribution in [0.4, 0.5) is 57.0 Å². The predicted octanol–water partition coefficient (Wildman–Crippen LogP) is 19.2. The van der Waals surface area contributed by atoms with Gasteiger partial charge in [0.2, 0.25) is 0 Å². The highest BCUT2D eigenvalue weighted by atomic mass is 15.4. The fraction of sp³-hybridized carbons (Fsp3) is 0.145. The highest BCUT2D eigenvalue weighted by molar-refractivity contribution is 6.04. The van der Waals surface area contributed by atoms with Gasteiger partial charge in [-0.15, -0.1) is 0 Å². The molecule has 2 aliphatic heterocycles. The maximum Gasteiger partial charge on any atom is 0.137 e. The molecule has 0 N–H and O–H groups in total. The zero-order valence-corrected chi connectivity index (χ0v) is 42.6. The van der Waals surface area contributed by atoms with Crippen LogP contribution in [0.5, 0.6) is 0 Å². The molecule has 0 radical (unpaired) electrons. The van der Waals surface area contributed by atoms with Gasteiger partial charge in [0.15, 0.2) is 0 Å². The molecule has 74 heavy (non-hydrogen) atoms. The van der Waals surface area contributed by atoms with Crippen molar-refractivity contribution in [3.05, 3.63) is 247 Å². The molecular weight excluding hydrogens is 899 g/mol. The molecule has 5 nitrogen and oxygen atoms in total. The second-order valence-corrected chi connectivity index (χ2v) is 21.1. The van der Waals surface area contributed by atoms with Gasteiger partial charge < -0.3 is 14.7 Å². The lowest BCUT2D eigenvalue weighted by molar-refractivity contribution is 0.589. The number of nitrogens with zero attached hydrogens (tertiary/aromatic N) is 5. The van der Waals surface area contributed by atoms with Crippen LogP contribution >= 0.6 is 0 Å². The van der Waals surface area contributed by atoms with Crippen LogP contribution in [0, 0.1) is 6.92 Å². The lowest BCUT2D eigenvalue weighted by Crippen LogP contribution is -2.26. The van der Waals surface area contributed by atoms with E-state index in [-0.39, 0.29) is 39.8 Å². The van der Waals surface area contributed by atoms with E-state index in [4.69, 9.17) is 13.2 Å². The third-order valence-corrected chi connectivity index (χ3v) is 14.1. The van der Waals surface area contributed by atoms with Crippen molar-refractivity contribution >= 4 is 57.0 Å². The summed E-state index contributed by atoms with van der Waals surface area (Å²) < 4.78 is 89.6. The molecule has 0 aliphatic carbocycles. The molecule has 3 heterocycles. The third-order valence-electron chi connectivity index (χ3n) is 14.1. The summed E-state index contributed by atoms with van der Waals surface area (Å²) in [5, 5.41) is 0. The monoisotopic (exact) mass is 970 g/mol. The van der Waals surface area contributed by atoms with Crippen molar-refractivity contribution in [3.63, 3.8) is 0 Å². The maximum atomic E-state index is 9.32. The molecule has 0 unspecified atom stereocenters. The van der Waals surface area contributed by atoms with Gasteiger partial charge >= 0.3 is 0 Å². The zero-order valence-electron chi connectivity index (χ0n) is 52.6. The maximum absolute atomic E-state index is 9.32. The van der Waals surface area contributed by atoms with E-state index in [1.807, 2.05) is 53.6 Å². The third kappa shape index (κ3) is 8.38. The number of anilines is 10. The van der Waals surface area contributed by atoms with Crippen molar-refractivity contribution in [2.75, 3.05) is 26.3 Å². The van der Waals surface area contributed by atoms with E-state index in [0.717, 1.165) is 79.0 Å². The van der Waals surface area contributed by atoms with Gasteiger partial charge in [-0.25, -0.2) is 4.98 Å². The Morgan fingerprint density at radius 3 is 1.62 bits per heavy atom. The van der Waals surface area contributed by atoms with E-state index >= 15 is 0 Å². The number of hydrogen-bond donors (Lipinski definition) is 0. The standard InChI is InChI=1S/C69H61N5/c1-47-39-60(48-23-11-8-12-24-48)67(61(40-47)49-25-13-9-14-26-49)72-46-71(63-33-21-22-34-64(63)72)54-41-51(69(5,6)7)42-55(44-54)73(52-27-15-10-16-28-52)53-35-36-59-57-30-18-17-29-56(57)58-31-19-20-32-62(58)74(65(59)45-53)66-43-50(37-38-70-66)68(2,3)4/h8-45H,46H2,1-7H3/i8D,9D,11D,12D,13D,14D,23D,24D,25D,26D. The van der Waals surface area contributed by atoms with Crippen molar-refractivity contribution in [2.24, 2.45) is 0 Å². The molecule has 362 valence electrons. The smallest absolute Gasteiger partial charge is 0.137 e. The largest absolute Gasteiger partial charge is 0.321 e. The van der Waals surface area contributed by atoms with E-state index < -0.39 is 60.4 Å². The lowest BCUT2D eigenvalue weighted by Gasteiger charge is -2.33. The first-order valence-electron chi connectivity index (χ1n) is 30.1. The molecule has 0 saturated carbocycles.